The average Bonchev–Trinajstić information content (AvgIpc) is 2.43. The Kier molecular flexibility index (Phi) is 1.91. The van der Waals surface area contributed by atoms with Crippen LogP contribution < -0.4 is 5.73 Å². The van der Waals surface area contributed by atoms with E-state index < -0.39 is 5.97 Å². The van der Waals surface area contributed by atoms with E-state index in [0.29, 0.717) is 12.5 Å². The van der Waals surface area contributed by atoms with Gasteiger partial charge in [0.25, 0.3) is 0 Å². The van der Waals surface area contributed by atoms with Crippen molar-refractivity contribution in [1.29, 1.82) is 0 Å². The third-order valence-electron chi connectivity index (χ3n) is 3.45. The van der Waals surface area contributed by atoms with E-state index in [1.807, 2.05) is 0 Å². The molecule has 0 heterocycles. The summed E-state index contributed by atoms with van der Waals surface area (Å²) in [5, 5.41) is 8.78. The number of hydrogen-bond donors (Lipinski definition) is 2. The highest BCUT2D eigenvalue weighted by Crippen LogP contribution is 2.57. The van der Waals surface area contributed by atoms with Gasteiger partial charge in [0.15, 0.2) is 0 Å². The molecule has 3 nitrogen and oxygen atoms in total. The fourth-order valence-electron chi connectivity index (χ4n) is 2.82. The molecule has 0 aromatic heterocycles. The molecular weight excluding hydrogens is 166 g/mol. The van der Waals surface area contributed by atoms with Gasteiger partial charge in [-0.2, -0.15) is 0 Å². The molecule has 0 aromatic rings. The highest BCUT2D eigenvalue weighted by Gasteiger charge is 2.50. The van der Waals surface area contributed by atoms with Gasteiger partial charge >= 0.3 is 5.97 Å². The molecule has 2 aliphatic carbocycles. The molecule has 2 aliphatic rings. The van der Waals surface area contributed by atoms with Gasteiger partial charge < -0.3 is 10.8 Å². The van der Waals surface area contributed by atoms with Crippen LogP contribution in [0.1, 0.15) is 25.7 Å². The number of aliphatic carboxylic acids is 1. The minimum Gasteiger partial charge on any atom is -0.481 e. The van der Waals surface area contributed by atoms with E-state index >= 15 is 0 Å². The van der Waals surface area contributed by atoms with Gasteiger partial charge in [-0.15, -0.1) is 0 Å². The maximum Gasteiger partial charge on any atom is 0.304 e. The van der Waals surface area contributed by atoms with Crippen molar-refractivity contribution in [2.24, 2.45) is 17.1 Å². The van der Waals surface area contributed by atoms with Crippen LogP contribution in [0.15, 0.2) is 11.6 Å². The SMILES string of the molecule is NC[C@]1(CC(=O)O)C[C@@H]2CCC=C21. The van der Waals surface area contributed by atoms with Gasteiger partial charge in [0.05, 0.1) is 6.42 Å². The summed E-state index contributed by atoms with van der Waals surface area (Å²) in [5.74, 6) is -0.0698. The Morgan fingerprint density at radius 2 is 2.54 bits per heavy atom. The fraction of sp³-hybridized carbons (Fsp3) is 0.700. The lowest BCUT2D eigenvalue weighted by Gasteiger charge is -2.47. The van der Waals surface area contributed by atoms with Crippen molar-refractivity contribution in [3.05, 3.63) is 11.6 Å². The van der Waals surface area contributed by atoms with Gasteiger partial charge in [0.2, 0.25) is 0 Å². The number of fused-ring (bicyclic) bond motifs is 1. The Morgan fingerprint density at radius 1 is 1.77 bits per heavy atom. The standard InChI is InChI=1S/C10H15NO2/c11-6-10(5-9(12)13)4-7-2-1-3-8(7)10/h3,7H,1-2,4-6,11H2,(H,12,13)/t7-,10+/m0/s1. The Balaban J connectivity index is 2.14. The summed E-state index contributed by atoms with van der Waals surface area (Å²) in [6.45, 7) is 0.488. The second-order valence-corrected chi connectivity index (χ2v) is 4.19. The van der Waals surface area contributed by atoms with Crippen molar-refractivity contribution in [2.45, 2.75) is 25.7 Å². The van der Waals surface area contributed by atoms with Crippen LogP contribution in [-0.2, 0) is 4.79 Å². The number of rotatable bonds is 3. The van der Waals surface area contributed by atoms with Crippen LogP contribution in [0.5, 0.6) is 0 Å². The monoisotopic (exact) mass is 181 g/mol. The van der Waals surface area contributed by atoms with Gasteiger partial charge in [0.1, 0.15) is 0 Å². The highest BCUT2D eigenvalue weighted by atomic mass is 16.4. The molecular formula is C10H15NO2. The number of allylic oxidation sites excluding steroid dienone is 1. The van der Waals surface area contributed by atoms with Crippen LogP contribution >= 0.6 is 0 Å². The fourth-order valence-corrected chi connectivity index (χ4v) is 2.82. The summed E-state index contributed by atoms with van der Waals surface area (Å²) < 4.78 is 0. The Bertz CT molecular complexity index is 272. The molecule has 2 atom stereocenters. The van der Waals surface area contributed by atoms with E-state index in [4.69, 9.17) is 10.8 Å². The zero-order valence-corrected chi connectivity index (χ0v) is 7.62. The molecule has 3 heteroatoms. The molecule has 0 bridgehead atoms. The summed E-state index contributed by atoms with van der Waals surface area (Å²) in [6.07, 6.45) is 5.72. The second-order valence-electron chi connectivity index (χ2n) is 4.19. The van der Waals surface area contributed by atoms with Crippen molar-refractivity contribution < 1.29 is 9.90 Å². The average molecular weight is 181 g/mol. The normalized spacial score (nSPS) is 36.4. The molecule has 0 radical (unpaired) electrons. The maximum absolute atomic E-state index is 10.7. The first-order valence-corrected chi connectivity index (χ1v) is 4.80. The van der Waals surface area contributed by atoms with E-state index in [9.17, 15) is 4.79 Å². The summed E-state index contributed by atoms with van der Waals surface area (Å²) in [4.78, 5) is 10.7. The lowest BCUT2D eigenvalue weighted by atomic mass is 9.57. The van der Waals surface area contributed by atoms with Gasteiger partial charge in [-0.1, -0.05) is 11.6 Å². The molecule has 0 saturated heterocycles. The lowest BCUT2D eigenvalue weighted by molar-refractivity contribution is -0.140. The van der Waals surface area contributed by atoms with E-state index in [-0.39, 0.29) is 11.8 Å². The predicted molar refractivity (Wildman–Crippen MR) is 49.2 cm³/mol. The minimum atomic E-state index is -0.725. The summed E-state index contributed by atoms with van der Waals surface area (Å²) in [6, 6.07) is 0. The lowest BCUT2D eigenvalue weighted by Crippen LogP contribution is -2.46. The minimum absolute atomic E-state index is 0.174. The van der Waals surface area contributed by atoms with Gasteiger partial charge in [-0.05, 0) is 25.2 Å². The Labute approximate surface area is 77.6 Å². The largest absolute Gasteiger partial charge is 0.481 e. The van der Waals surface area contributed by atoms with Gasteiger partial charge in [-0.3, -0.25) is 4.79 Å². The molecule has 0 unspecified atom stereocenters. The molecule has 3 N–H and O–H groups in total. The van der Waals surface area contributed by atoms with Crippen LogP contribution in [0.3, 0.4) is 0 Å². The summed E-state index contributed by atoms with van der Waals surface area (Å²) >= 11 is 0. The number of carboxylic acid groups (broad SMARTS) is 1. The molecule has 0 aliphatic heterocycles. The molecule has 13 heavy (non-hydrogen) atoms. The highest BCUT2D eigenvalue weighted by molar-refractivity contribution is 5.69. The van der Waals surface area contributed by atoms with E-state index in [1.54, 1.807) is 0 Å². The Morgan fingerprint density at radius 3 is 3.08 bits per heavy atom. The molecule has 0 aromatic carbocycles. The van der Waals surface area contributed by atoms with Crippen LogP contribution in [0.25, 0.3) is 0 Å². The predicted octanol–water partition coefficient (Wildman–Crippen LogP) is 1.15. The first-order chi connectivity index (χ1) is 6.18. The van der Waals surface area contributed by atoms with E-state index in [1.165, 1.54) is 12.0 Å². The van der Waals surface area contributed by atoms with Crippen LogP contribution in [0.4, 0.5) is 0 Å². The first-order valence-electron chi connectivity index (χ1n) is 4.80. The number of carbonyl (C=O) groups is 1. The zero-order chi connectivity index (χ0) is 9.47. The van der Waals surface area contributed by atoms with E-state index in [2.05, 4.69) is 6.08 Å². The van der Waals surface area contributed by atoms with Gasteiger partial charge in [-0.25, -0.2) is 0 Å². The zero-order valence-electron chi connectivity index (χ0n) is 7.62. The quantitative estimate of drug-likeness (QED) is 0.642. The smallest absolute Gasteiger partial charge is 0.304 e. The van der Waals surface area contributed by atoms with Crippen molar-refractivity contribution in [3.8, 4) is 0 Å². The van der Waals surface area contributed by atoms with E-state index in [0.717, 1.165) is 12.8 Å². The summed E-state index contributed by atoms with van der Waals surface area (Å²) in [5.41, 5.74) is 6.83. The van der Waals surface area contributed by atoms with Crippen molar-refractivity contribution in [2.75, 3.05) is 6.54 Å². The number of carboxylic acids is 1. The van der Waals surface area contributed by atoms with Crippen LogP contribution in [-0.4, -0.2) is 17.6 Å². The molecule has 1 fully saturated rings. The second kappa shape index (κ2) is 2.84. The molecule has 0 amide bonds. The number of hydrogen-bond acceptors (Lipinski definition) is 2. The maximum atomic E-state index is 10.7. The topological polar surface area (TPSA) is 63.3 Å². The number of nitrogens with two attached hydrogens (primary N) is 1. The van der Waals surface area contributed by atoms with Crippen LogP contribution in [0.2, 0.25) is 0 Å². The molecule has 1 saturated carbocycles. The molecule has 72 valence electrons. The van der Waals surface area contributed by atoms with Crippen molar-refractivity contribution in [1.82, 2.24) is 0 Å². The Hall–Kier alpha value is -0.830. The third kappa shape index (κ3) is 1.18. The van der Waals surface area contributed by atoms with Crippen LogP contribution in [0, 0.1) is 11.3 Å². The van der Waals surface area contributed by atoms with Gasteiger partial charge in [0, 0.05) is 12.0 Å². The third-order valence-corrected chi connectivity index (χ3v) is 3.45. The molecule has 0 spiro atoms. The first kappa shape index (κ1) is 8.75. The molecule has 2 rings (SSSR count). The van der Waals surface area contributed by atoms with Crippen molar-refractivity contribution >= 4 is 5.97 Å². The van der Waals surface area contributed by atoms with Crippen molar-refractivity contribution in [3.63, 3.8) is 0 Å². The summed E-state index contributed by atoms with van der Waals surface area (Å²) in [7, 11) is 0.